The maximum absolute atomic E-state index is 10.6. The number of nitriles is 1. The molecule has 0 aliphatic carbocycles. The van der Waals surface area contributed by atoms with Gasteiger partial charge >= 0.3 is 5.91 Å². The zero-order valence-corrected chi connectivity index (χ0v) is 6.27. The summed E-state index contributed by atoms with van der Waals surface area (Å²) in [5, 5.41) is 10.2. The summed E-state index contributed by atoms with van der Waals surface area (Å²) in [6.07, 6.45) is 0.315. The van der Waals surface area contributed by atoms with Gasteiger partial charge in [-0.2, -0.15) is 5.26 Å². The largest absolute Gasteiger partial charge is 0.414 e. The molecule has 1 unspecified atom stereocenters. The van der Waals surface area contributed by atoms with Gasteiger partial charge in [-0.05, 0) is 0 Å². The van der Waals surface area contributed by atoms with Crippen molar-refractivity contribution in [2.75, 3.05) is 0 Å². The Hall–Kier alpha value is -1.44. The predicted octanol–water partition coefficient (Wildman–Crippen LogP) is 0.802. The number of amides is 1. The standard InChI is InChI=1S/C6H8N2O3/c1-4(2)5(11-3-7)6(9)8-10/h4-5H,1-2H3. The van der Waals surface area contributed by atoms with E-state index in [0.717, 1.165) is 0 Å². The van der Waals surface area contributed by atoms with Crippen LogP contribution in [0.1, 0.15) is 13.8 Å². The molecule has 0 saturated carbocycles. The molecule has 0 radical (unpaired) electrons. The lowest BCUT2D eigenvalue weighted by atomic mass is 10.1. The molecule has 1 amide bonds. The number of hydrogen-bond donors (Lipinski definition) is 0. The van der Waals surface area contributed by atoms with Crippen LogP contribution in [0.2, 0.25) is 0 Å². The highest BCUT2D eigenvalue weighted by atomic mass is 16.5. The van der Waals surface area contributed by atoms with Crippen LogP contribution in [0.4, 0.5) is 0 Å². The third kappa shape index (κ3) is 2.76. The van der Waals surface area contributed by atoms with E-state index in [1.807, 2.05) is 0 Å². The molecule has 0 spiro atoms. The molecule has 0 saturated heterocycles. The third-order valence-corrected chi connectivity index (χ3v) is 1.12. The maximum Gasteiger partial charge on any atom is 0.327 e. The molecule has 0 aromatic rings. The van der Waals surface area contributed by atoms with Crippen molar-refractivity contribution in [3.05, 3.63) is 4.91 Å². The van der Waals surface area contributed by atoms with Crippen LogP contribution >= 0.6 is 0 Å². The Kier molecular flexibility index (Phi) is 3.81. The first-order valence-corrected chi connectivity index (χ1v) is 3.05. The summed E-state index contributed by atoms with van der Waals surface area (Å²) < 4.78 is 4.32. The summed E-state index contributed by atoms with van der Waals surface area (Å²) in [6.45, 7) is 3.32. The van der Waals surface area contributed by atoms with E-state index in [-0.39, 0.29) is 5.92 Å². The second-order valence-corrected chi connectivity index (χ2v) is 2.30. The number of nitroso groups, excluding NO2 is 1. The quantitative estimate of drug-likeness (QED) is 0.447. The molecule has 0 rings (SSSR count). The minimum absolute atomic E-state index is 0.222. The molecule has 0 aliphatic rings. The zero-order chi connectivity index (χ0) is 8.85. The summed E-state index contributed by atoms with van der Waals surface area (Å²) in [5.74, 6) is -1.17. The van der Waals surface area contributed by atoms with Gasteiger partial charge in [0.05, 0.1) is 0 Å². The first-order valence-electron chi connectivity index (χ1n) is 3.05. The van der Waals surface area contributed by atoms with Crippen LogP contribution in [0.25, 0.3) is 0 Å². The number of hydrogen-bond acceptors (Lipinski definition) is 4. The first-order chi connectivity index (χ1) is 5.13. The molecule has 1 atom stereocenters. The van der Waals surface area contributed by atoms with Gasteiger partial charge in [0.25, 0.3) is 6.26 Å². The topological polar surface area (TPSA) is 79.5 Å². The third-order valence-electron chi connectivity index (χ3n) is 1.12. The van der Waals surface area contributed by atoms with E-state index in [9.17, 15) is 9.70 Å². The van der Waals surface area contributed by atoms with Gasteiger partial charge in [-0.25, -0.2) is 0 Å². The summed E-state index contributed by atoms with van der Waals surface area (Å²) in [5.41, 5.74) is 0. The van der Waals surface area contributed by atoms with E-state index in [4.69, 9.17) is 5.26 Å². The zero-order valence-electron chi connectivity index (χ0n) is 6.27. The molecule has 0 fully saturated rings. The van der Waals surface area contributed by atoms with E-state index < -0.39 is 12.0 Å². The molecule has 0 aromatic heterocycles. The molecule has 0 aliphatic heterocycles. The predicted molar refractivity (Wildman–Crippen MR) is 36.1 cm³/mol. The number of ether oxygens (including phenoxy) is 1. The summed E-state index contributed by atoms with van der Waals surface area (Å²) in [6, 6.07) is 0. The van der Waals surface area contributed by atoms with Crippen molar-refractivity contribution in [3.8, 4) is 6.26 Å². The molecule has 0 heterocycles. The van der Waals surface area contributed by atoms with Gasteiger partial charge in [0, 0.05) is 11.1 Å². The molecular formula is C6H8N2O3. The van der Waals surface area contributed by atoms with Gasteiger partial charge in [-0.1, -0.05) is 13.8 Å². The lowest BCUT2D eigenvalue weighted by molar-refractivity contribution is -0.127. The number of nitrogens with zero attached hydrogens (tertiary/aromatic N) is 2. The van der Waals surface area contributed by atoms with Crippen molar-refractivity contribution in [3.63, 3.8) is 0 Å². The summed E-state index contributed by atoms with van der Waals surface area (Å²) in [4.78, 5) is 20.3. The van der Waals surface area contributed by atoms with Crippen molar-refractivity contribution in [2.45, 2.75) is 20.0 Å². The Balaban J connectivity index is 4.23. The fraction of sp³-hybridized carbons (Fsp3) is 0.667. The lowest BCUT2D eigenvalue weighted by Crippen LogP contribution is -2.26. The number of carbonyl (C=O) groups excluding carboxylic acids is 1. The van der Waals surface area contributed by atoms with Crippen molar-refractivity contribution in [1.29, 1.82) is 5.26 Å². The van der Waals surface area contributed by atoms with Gasteiger partial charge in [0.15, 0.2) is 6.10 Å². The van der Waals surface area contributed by atoms with Gasteiger partial charge < -0.3 is 4.74 Å². The van der Waals surface area contributed by atoms with Crippen molar-refractivity contribution >= 4 is 5.91 Å². The van der Waals surface area contributed by atoms with Crippen molar-refractivity contribution < 1.29 is 9.53 Å². The highest BCUT2D eigenvalue weighted by Gasteiger charge is 2.24. The molecule has 0 aromatic carbocycles. The number of carbonyl (C=O) groups is 1. The minimum atomic E-state index is -1.03. The van der Waals surface area contributed by atoms with Crippen LogP contribution in [0.5, 0.6) is 0 Å². The second-order valence-electron chi connectivity index (χ2n) is 2.30. The Labute approximate surface area is 63.9 Å². The molecule has 0 bridgehead atoms. The van der Waals surface area contributed by atoms with Gasteiger partial charge in [0.2, 0.25) is 0 Å². The fourth-order valence-electron chi connectivity index (χ4n) is 0.580. The van der Waals surface area contributed by atoms with Gasteiger partial charge in [-0.3, -0.25) is 4.79 Å². The van der Waals surface area contributed by atoms with Crippen LogP contribution in [0, 0.1) is 22.3 Å². The van der Waals surface area contributed by atoms with Gasteiger partial charge in [0.1, 0.15) is 0 Å². The minimum Gasteiger partial charge on any atom is -0.414 e. The van der Waals surface area contributed by atoms with Gasteiger partial charge in [-0.15, -0.1) is 4.91 Å². The smallest absolute Gasteiger partial charge is 0.327 e. The van der Waals surface area contributed by atoms with Crippen LogP contribution < -0.4 is 0 Å². The number of rotatable bonds is 3. The van der Waals surface area contributed by atoms with E-state index >= 15 is 0 Å². The summed E-state index contributed by atoms with van der Waals surface area (Å²) >= 11 is 0. The Morgan fingerprint density at radius 2 is 2.18 bits per heavy atom. The average Bonchev–Trinajstić information content (AvgIpc) is 1.98. The maximum atomic E-state index is 10.6. The van der Waals surface area contributed by atoms with Crippen LogP contribution in [-0.4, -0.2) is 12.0 Å². The molecule has 5 heteroatoms. The van der Waals surface area contributed by atoms with E-state index in [1.165, 1.54) is 6.26 Å². The van der Waals surface area contributed by atoms with Crippen LogP contribution in [-0.2, 0) is 9.53 Å². The monoisotopic (exact) mass is 156 g/mol. The summed E-state index contributed by atoms with van der Waals surface area (Å²) in [7, 11) is 0. The SMILES string of the molecule is CC(C)C(OC#N)C(=O)N=O. The Morgan fingerprint density at radius 3 is 2.45 bits per heavy atom. The Bertz CT molecular complexity index is 194. The van der Waals surface area contributed by atoms with Crippen molar-refractivity contribution in [1.82, 2.24) is 0 Å². The molecule has 0 N–H and O–H groups in total. The molecular weight excluding hydrogens is 148 g/mol. The molecule has 60 valence electrons. The van der Waals surface area contributed by atoms with E-state index in [0.29, 0.717) is 0 Å². The van der Waals surface area contributed by atoms with Crippen LogP contribution in [0.3, 0.4) is 0 Å². The average molecular weight is 156 g/mol. The fourth-order valence-corrected chi connectivity index (χ4v) is 0.580. The molecule has 5 nitrogen and oxygen atoms in total. The van der Waals surface area contributed by atoms with Crippen molar-refractivity contribution in [2.24, 2.45) is 11.1 Å². The van der Waals surface area contributed by atoms with Crippen LogP contribution in [0.15, 0.2) is 5.18 Å². The highest BCUT2D eigenvalue weighted by Crippen LogP contribution is 2.07. The second kappa shape index (κ2) is 4.39. The van der Waals surface area contributed by atoms with E-state index in [2.05, 4.69) is 9.91 Å². The molecule has 11 heavy (non-hydrogen) atoms. The van der Waals surface area contributed by atoms with E-state index in [1.54, 1.807) is 13.8 Å². The lowest BCUT2D eigenvalue weighted by Gasteiger charge is -2.11. The first kappa shape index (κ1) is 9.56. The Morgan fingerprint density at radius 1 is 1.64 bits per heavy atom. The highest BCUT2D eigenvalue weighted by molar-refractivity contribution is 5.81. The normalized spacial score (nSPS) is 11.8.